The van der Waals surface area contributed by atoms with E-state index in [0.29, 0.717) is 25.0 Å². The van der Waals surface area contributed by atoms with Crippen LogP contribution in [0.15, 0.2) is 72.8 Å². The van der Waals surface area contributed by atoms with Crippen LogP contribution in [0.25, 0.3) is 21.5 Å². The Morgan fingerprint density at radius 1 is 0.595 bits per heavy atom. The molecule has 0 amide bonds. The first kappa shape index (κ1) is 29.4. The molecule has 0 radical (unpaired) electrons. The maximum Gasteiger partial charge on any atom is 0.313 e. The summed E-state index contributed by atoms with van der Waals surface area (Å²) in [5.74, 6) is 1.25. The molecule has 1 aliphatic rings. The molecule has 4 aromatic rings. The molecule has 0 aliphatic heterocycles. The number of methoxy groups -OCH3 is 2. The Balaban J connectivity index is 1.05. The molecule has 0 bridgehead atoms. The van der Waals surface area contributed by atoms with Gasteiger partial charge in [0, 0.05) is 0 Å². The summed E-state index contributed by atoms with van der Waals surface area (Å²) >= 11 is 0. The van der Waals surface area contributed by atoms with Gasteiger partial charge in [0.05, 0.1) is 39.3 Å². The van der Waals surface area contributed by atoms with Crippen LogP contribution < -0.4 is 9.47 Å². The van der Waals surface area contributed by atoms with Gasteiger partial charge in [0.25, 0.3) is 0 Å². The van der Waals surface area contributed by atoms with Crippen LogP contribution in [0.2, 0.25) is 0 Å². The lowest BCUT2D eigenvalue weighted by atomic mass is 9.83. The normalized spacial score (nSPS) is 18.3. The first-order valence-electron chi connectivity index (χ1n) is 14.8. The highest BCUT2D eigenvalue weighted by atomic mass is 16.5. The molecule has 1 saturated carbocycles. The van der Waals surface area contributed by atoms with Crippen LogP contribution >= 0.6 is 0 Å². The SMILES string of the molecule is COc1ccc2cc(C(C)C(=O)OCC3CCC(COC(=O)[C@@H](C)c4ccc5cc(OC)ccc5c4)CC3)ccc2c1. The molecule has 0 heterocycles. The van der Waals surface area contributed by atoms with Gasteiger partial charge in [-0.3, -0.25) is 9.59 Å². The van der Waals surface area contributed by atoms with E-state index in [-0.39, 0.29) is 23.8 Å². The number of esters is 2. The fourth-order valence-electron chi connectivity index (χ4n) is 5.76. The van der Waals surface area contributed by atoms with Crippen molar-refractivity contribution >= 4 is 33.5 Å². The molecule has 42 heavy (non-hydrogen) atoms. The van der Waals surface area contributed by atoms with Gasteiger partial charge in [-0.05, 0) is 108 Å². The van der Waals surface area contributed by atoms with Crippen LogP contribution in [0.1, 0.15) is 62.5 Å². The molecular formula is C36H40O6. The molecule has 220 valence electrons. The fourth-order valence-corrected chi connectivity index (χ4v) is 5.76. The van der Waals surface area contributed by atoms with Crippen molar-refractivity contribution in [2.45, 2.75) is 51.4 Å². The minimum atomic E-state index is -0.334. The topological polar surface area (TPSA) is 71.1 Å². The highest BCUT2D eigenvalue weighted by molar-refractivity contribution is 5.88. The van der Waals surface area contributed by atoms with Gasteiger partial charge in [0.15, 0.2) is 0 Å². The number of benzene rings is 4. The third-order valence-corrected chi connectivity index (χ3v) is 8.74. The number of hydrogen-bond acceptors (Lipinski definition) is 6. The van der Waals surface area contributed by atoms with Gasteiger partial charge in [0.1, 0.15) is 11.5 Å². The largest absolute Gasteiger partial charge is 0.497 e. The van der Waals surface area contributed by atoms with E-state index < -0.39 is 0 Å². The van der Waals surface area contributed by atoms with Crippen molar-refractivity contribution in [3.05, 3.63) is 83.9 Å². The van der Waals surface area contributed by atoms with Gasteiger partial charge in [0.2, 0.25) is 0 Å². The maximum atomic E-state index is 12.8. The summed E-state index contributed by atoms with van der Waals surface area (Å²) in [7, 11) is 3.31. The van der Waals surface area contributed by atoms with Crippen LogP contribution in [0.5, 0.6) is 11.5 Å². The van der Waals surface area contributed by atoms with E-state index in [0.717, 1.165) is 69.9 Å². The minimum Gasteiger partial charge on any atom is -0.497 e. The van der Waals surface area contributed by atoms with Crippen molar-refractivity contribution in [3.63, 3.8) is 0 Å². The smallest absolute Gasteiger partial charge is 0.313 e. The molecule has 4 aromatic carbocycles. The van der Waals surface area contributed by atoms with E-state index in [1.54, 1.807) is 14.2 Å². The first-order valence-corrected chi connectivity index (χ1v) is 14.8. The Kier molecular flexibility index (Phi) is 9.31. The van der Waals surface area contributed by atoms with Crippen molar-refractivity contribution in [1.82, 2.24) is 0 Å². The molecule has 6 heteroatoms. The van der Waals surface area contributed by atoms with E-state index in [4.69, 9.17) is 18.9 Å². The van der Waals surface area contributed by atoms with Crippen molar-refractivity contribution in [1.29, 1.82) is 0 Å². The van der Waals surface area contributed by atoms with Crippen LogP contribution in [0.3, 0.4) is 0 Å². The van der Waals surface area contributed by atoms with E-state index >= 15 is 0 Å². The average Bonchev–Trinajstić information content (AvgIpc) is 3.04. The number of carbonyl (C=O) groups excluding carboxylic acids is 2. The third kappa shape index (κ3) is 6.87. The Morgan fingerprint density at radius 3 is 1.33 bits per heavy atom. The van der Waals surface area contributed by atoms with E-state index in [1.807, 2.05) is 86.6 Å². The van der Waals surface area contributed by atoms with Crippen molar-refractivity contribution in [3.8, 4) is 11.5 Å². The van der Waals surface area contributed by atoms with Crippen molar-refractivity contribution in [2.24, 2.45) is 11.8 Å². The number of hydrogen-bond donors (Lipinski definition) is 0. The van der Waals surface area contributed by atoms with E-state index in [9.17, 15) is 9.59 Å². The predicted molar refractivity (Wildman–Crippen MR) is 165 cm³/mol. The number of rotatable bonds is 10. The lowest BCUT2D eigenvalue weighted by molar-refractivity contribution is -0.149. The zero-order valence-electron chi connectivity index (χ0n) is 24.9. The summed E-state index contributed by atoms with van der Waals surface area (Å²) in [6.07, 6.45) is 3.85. The van der Waals surface area contributed by atoms with Crippen molar-refractivity contribution in [2.75, 3.05) is 27.4 Å². The standard InChI is InChI=1S/C36H40O6/c1-23(27-9-11-31-19-33(39-3)15-13-29(31)17-27)35(37)41-21-25-5-7-26(8-6-25)22-42-36(38)24(2)28-10-12-32-20-34(40-4)16-14-30(32)18-28/h9-20,23-26H,5-8,21-22H2,1-4H3/t23-,24?,25?,26?/m0/s1. The van der Waals surface area contributed by atoms with Gasteiger partial charge in [-0.2, -0.15) is 0 Å². The highest BCUT2D eigenvalue weighted by Gasteiger charge is 2.26. The molecule has 5 rings (SSSR count). The molecule has 0 spiro atoms. The monoisotopic (exact) mass is 568 g/mol. The van der Waals surface area contributed by atoms with Gasteiger partial charge in [-0.25, -0.2) is 0 Å². The summed E-state index contributed by atoms with van der Waals surface area (Å²) in [4.78, 5) is 25.7. The van der Waals surface area contributed by atoms with E-state index in [2.05, 4.69) is 0 Å². The summed E-state index contributed by atoms with van der Waals surface area (Å²) < 4.78 is 22.1. The second kappa shape index (κ2) is 13.3. The molecule has 2 atom stereocenters. The second-order valence-corrected chi connectivity index (χ2v) is 11.5. The Bertz CT molecular complexity index is 1430. The summed E-state index contributed by atoms with van der Waals surface area (Å²) in [5.41, 5.74) is 1.89. The lowest BCUT2D eigenvalue weighted by Gasteiger charge is -2.28. The summed E-state index contributed by atoms with van der Waals surface area (Å²) in [6.45, 7) is 4.67. The van der Waals surface area contributed by atoms with Gasteiger partial charge in [-0.1, -0.05) is 48.5 Å². The fraction of sp³-hybridized carbons (Fsp3) is 0.389. The Labute approximate surface area is 247 Å². The first-order chi connectivity index (χ1) is 20.3. The average molecular weight is 569 g/mol. The van der Waals surface area contributed by atoms with Gasteiger partial charge >= 0.3 is 11.9 Å². The molecule has 1 aliphatic carbocycles. The predicted octanol–water partition coefficient (Wildman–Crippen LogP) is 7.81. The van der Waals surface area contributed by atoms with Crippen LogP contribution in [0, 0.1) is 11.8 Å². The second-order valence-electron chi connectivity index (χ2n) is 11.5. The Hall–Kier alpha value is -4.06. The van der Waals surface area contributed by atoms with Gasteiger partial charge < -0.3 is 18.9 Å². The van der Waals surface area contributed by atoms with Crippen LogP contribution in [-0.4, -0.2) is 39.4 Å². The lowest BCUT2D eigenvalue weighted by Crippen LogP contribution is -2.25. The maximum absolute atomic E-state index is 12.8. The number of carbonyl (C=O) groups is 2. The Morgan fingerprint density at radius 2 is 0.952 bits per heavy atom. The quantitative estimate of drug-likeness (QED) is 0.182. The zero-order valence-corrected chi connectivity index (χ0v) is 24.9. The van der Waals surface area contributed by atoms with Crippen LogP contribution in [-0.2, 0) is 19.1 Å². The molecule has 1 fully saturated rings. The number of fused-ring (bicyclic) bond motifs is 2. The minimum absolute atomic E-state index is 0.194. The summed E-state index contributed by atoms with van der Waals surface area (Å²) in [6, 6.07) is 23.9. The molecule has 1 unspecified atom stereocenters. The van der Waals surface area contributed by atoms with Crippen LogP contribution in [0.4, 0.5) is 0 Å². The molecular weight excluding hydrogens is 528 g/mol. The molecule has 6 nitrogen and oxygen atoms in total. The molecule has 0 aromatic heterocycles. The zero-order chi connectivity index (χ0) is 29.6. The van der Waals surface area contributed by atoms with Gasteiger partial charge in [-0.15, -0.1) is 0 Å². The van der Waals surface area contributed by atoms with Crippen molar-refractivity contribution < 1.29 is 28.5 Å². The third-order valence-electron chi connectivity index (χ3n) is 8.74. The number of ether oxygens (including phenoxy) is 4. The highest BCUT2D eigenvalue weighted by Crippen LogP contribution is 2.31. The van der Waals surface area contributed by atoms with E-state index in [1.165, 1.54) is 0 Å². The molecule has 0 N–H and O–H groups in total. The summed E-state index contributed by atoms with van der Waals surface area (Å²) in [5, 5.41) is 4.29. The molecule has 0 saturated heterocycles.